The van der Waals surface area contributed by atoms with Crippen LogP contribution in [0.2, 0.25) is 0 Å². The summed E-state index contributed by atoms with van der Waals surface area (Å²) in [6.45, 7) is 4.55. The molecule has 0 bridgehead atoms. The van der Waals surface area contributed by atoms with Gasteiger partial charge < -0.3 is 23.5 Å². The largest absolute Gasteiger partial charge is 0.530 e. The van der Waals surface area contributed by atoms with Gasteiger partial charge in [0.2, 0.25) is 0 Å². The fourth-order valence-corrected chi connectivity index (χ4v) is 2.29. The highest BCUT2D eigenvalue weighted by molar-refractivity contribution is 6.61. The molecule has 0 saturated carbocycles. The number of rotatable bonds is 5. The van der Waals surface area contributed by atoms with Gasteiger partial charge in [0.25, 0.3) is 0 Å². The van der Waals surface area contributed by atoms with Crippen LogP contribution in [0.3, 0.4) is 0 Å². The molecule has 0 radical (unpaired) electrons. The summed E-state index contributed by atoms with van der Waals surface area (Å²) in [4.78, 5) is 9.25. The lowest BCUT2D eigenvalue weighted by Crippen LogP contribution is -2.53. The molecule has 0 heterocycles. The Morgan fingerprint density at radius 1 is 1.33 bits per heavy atom. The zero-order valence-electron chi connectivity index (χ0n) is 9.39. The van der Waals surface area contributed by atoms with Crippen LogP contribution in [0.1, 0.15) is 6.92 Å². The van der Waals surface area contributed by atoms with E-state index in [0.717, 1.165) is 6.08 Å². The Kier molecular flexibility index (Phi) is 9.53. The molecule has 0 aromatic carbocycles. The van der Waals surface area contributed by atoms with E-state index < -0.39 is 20.5 Å². The number of carboxylic acids is 1. The van der Waals surface area contributed by atoms with Crippen molar-refractivity contribution in [2.45, 2.75) is 12.7 Å². The molecule has 1 unspecified atom stereocenters. The minimum atomic E-state index is -2.74. The highest BCUT2D eigenvalue weighted by Gasteiger charge is 2.43. The van der Waals surface area contributed by atoms with Gasteiger partial charge in [-0.05, 0) is 6.92 Å². The van der Waals surface area contributed by atoms with Crippen LogP contribution in [-0.2, 0) is 18.1 Å². The second kappa shape index (κ2) is 8.57. The number of aliphatic carboxylic acids is 1. The zero-order chi connectivity index (χ0) is 12.5. The first-order valence-electron chi connectivity index (χ1n) is 4.09. The monoisotopic (exact) mass is 238 g/mol. The van der Waals surface area contributed by atoms with Crippen molar-refractivity contribution in [2.24, 2.45) is 0 Å². The fourth-order valence-electron chi connectivity index (χ4n) is 0.762. The third kappa shape index (κ3) is 6.36. The van der Waals surface area contributed by atoms with Gasteiger partial charge in [0.05, 0.1) is 0 Å². The van der Waals surface area contributed by atoms with Crippen LogP contribution in [-0.4, -0.2) is 52.0 Å². The Balaban J connectivity index is 0. The van der Waals surface area contributed by atoms with E-state index in [1.807, 2.05) is 0 Å². The van der Waals surface area contributed by atoms with Crippen molar-refractivity contribution >= 4 is 14.8 Å². The van der Waals surface area contributed by atoms with Gasteiger partial charge in [-0.2, -0.15) is 0 Å². The van der Waals surface area contributed by atoms with Crippen LogP contribution < -0.4 is 0 Å². The molecular formula is C8H18O6Si. The molecule has 0 rings (SSSR count). The first-order chi connectivity index (χ1) is 6.90. The van der Waals surface area contributed by atoms with E-state index in [1.54, 1.807) is 6.92 Å². The van der Waals surface area contributed by atoms with E-state index in [-0.39, 0.29) is 0 Å². The standard InChI is InChI=1S/C5H14O4Si.C3H4O2/c1-5(6)10(7-2,8-3)9-4;1-2-3(4)5/h5-6H,1-4H3;2H,1H2,(H,4,5). The minimum absolute atomic E-state index is 0.688. The van der Waals surface area contributed by atoms with Crippen LogP contribution in [0.5, 0.6) is 0 Å². The lowest BCUT2D eigenvalue weighted by Gasteiger charge is -2.26. The van der Waals surface area contributed by atoms with Crippen LogP contribution in [0.25, 0.3) is 0 Å². The van der Waals surface area contributed by atoms with Crippen LogP contribution in [0, 0.1) is 0 Å². The Labute approximate surface area is 90.5 Å². The summed E-state index contributed by atoms with van der Waals surface area (Å²) in [5.41, 5.74) is -0.688. The maximum Gasteiger partial charge on any atom is 0.530 e. The molecule has 0 aromatic rings. The maximum atomic E-state index is 9.25. The van der Waals surface area contributed by atoms with Crippen molar-refractivity contribution in [3.8, 4) is 0 Å². The van der Waals surface area contributed by atoms with E-state index in [0.29, 0.717) is 0 Å². The minimum Gasteiger partial charge on any atom is -0.478 e. The molecular weight excluding hydrogens is 220 g/mol. The molecule has 0 aliphatic heterocycles. The predicted octanol–water partition coefficient (Wildman–Crippen LogP) is 0.0415. The molecule has 15 heavy (non-hydrogen) atoms. The molecule has 0 amide bonds. The summed E-state index contributed by atoms with van der Waals surface area (Å²) in [5, 5.41) is 16.8. The molecule has 0 saturated heterocycles. The maximum absolute atomic E-state index is 9.25. The molecule has 0 aliphatic rings. The van der Waals surface area contributed by atoms with E-state index in [9.17, 15) is 4.79 Å². The van der Waals surface area contributed by atoms with Gasteiger partial charge in [0, 0.05) is 27.4 Å². The average Bonchev–Trinajstić information content (AvgIpc) is 2.21. The van der Waals surface area contributed by atoms with Gasteiger partial charge in [-0.3, -0.25) is 0 Å². The van der Waals surface area contributed by atoms with Crippen LogP contribution >= 0.6 is 0 Å². The smallest absolute Gasteiger partial charge is 0.478 e. The van der Waals surface area contributed by atoms with Gasteiger partial charge in [-0.25, -0.2) is 4.79 Å². The molecule has 1 atom stereocenters. The highest BCUT2D eigenvalue weighted by Crippen LogP contribution is 2.10. The van der Waals surface area contributed by atoms with E-state index >= 15 is 0 Å². The van der Waals surface area contributed by atoms with E-state index in [4.69, 9.17) is 23.5 Å². The summed E-state index contributed by atoms with van der Waals surface area (Å²) < 4.78 is 14.8. The Morgan fingerprint density at radius 2 is 1.60 bits per heavy atom. The first kappa shape index (κ1) is 16.7. The molecule has 7 heteroatoms. The van der Waals surface area contributed by atoms with Crippen molar-refractivity contribution < 1.29 is 28.3 Å². The fraction of sp³-hybridized carbons (Fsp3) is 0.625. The molecule has 0 fully saturated rings. The Hall–Kier alpha value is -0.733. The second-order valence-electron chi connectivity index (χ2n) is 2.43. The van der Waals surface area contributed by atoms with Crippen molar-refractivity contribution in [1.29, 1.82) is 0 Å². The topological polar surface area (TPSA) is 85.2 Å². The van der Waals surface area contributed by atoms with Crippen molar-refractivity contribution in [2.75, 3.05) is 21.3 Å². The zero-order valence-corrected chi connectivity index (χ0v) is 10.4. The molecule has 0 aromatic heterocycles. The third-order valence-electron chi connectivity index (χ3n) is 1.54. The molecule has 0 aliphatic carbocycles. The number of hydrogen-bond acceptors (Lipinski definition) is 5. The van der Waals surface area contributed by atoms with Gasteiger partial charge >= 0.3 is 14.8 Å². The summed E-state index contributed by atoms with van der Waals surface area (Å²) >= 11 is 0. The number of aliphatic hydroxyl groups is 1. The summed E-state index contributed by atoms with van der Waals surface area (Å²) in [6.07, 6.45) is 0.833. The molecule has 6 nitrogen and oxygen atoms in total. The molecule has 2 N–H and O–H groups in total. The number of carboxylic acid groups (broad SMARTS) is 1. The molecule has 0 spiro atoms. The van der Waals surface area contributed by atoms with Gasteiger partial charge in [-0.1, -0.05) is 6.58 Å². The van der Waals surface area contributed by atoms with Gasteiger partial charge in [-0.15, -0.1) is 0 Å². The van der Waals surface area contributed by atoms with E-state index in [2.05, 4.69) is 6.58 Å². The Morgan fingerprint density at radius 3 is 1.60 bits per heavy atom. The van der Waals surface area contributed by atoms with E-state index in [1.165, 1.54) is 21.3 Å². The number of carbonyl (C=O) groups is 1. The number of hydrogen-bond donors (Lipinski definition) is 2. The Bertz CT molecular complexity index is 181. The van der Waals surface area contributed by atoms with Crippen LogP contribution in [0.15, 0.2) is 12.7 Å². The van der Waals surface area contributed by atoms with Gasteiger partial charge in [0.15, 0.2) is 0 Å². The first-order valence-corrected chi connectivity index (χ1v) is 5.89. The van der Waals surface area contributed by atoms with Gasteiger partial charge in [0.1, 0.15) is 5.73 Å². The van der Waals surface area contributed by atoms with Crippen LogP contribution in [0.4, 0.5) is 0 Å². The molecule has 90 valence electrons. The second-order valence-corrected chi connectivity index (χ2v) is 5.70. The third-order valence-corrected chi connectivity index (χ3v) is 4.27. The number of aliphatic hydroxyl groups excluding tert-OH is 1. The normalized spacial score (nSPS) is 12.3. The van der Waals surface area contributed by atoms with Crippen molar-refractivity contribution in [1.82, 2.24) is 0 Å². The van der Waals surface area contributed by atoms with Crippen molar-refractivity contribution in [3.63, 3.8) is 0 Å². The summed E-state index contributed by atoms with van der Waals surface area (Å²) in [5.74, 6) is -0.981. The van der Waals surface area contributed by atoms with Crippen molar-refractivity contribution in [3.05, 3.63) is 12.7 Å². The summed E-state index contributed by atoms with van der Waals surface area (Å²) in [7, 11) is 1.65. The highest BCUT2D eigenvalue weighted by atomic mass is 28.4. The quantitative estimate of drug-likeness (QED) is 0.519. The lowest BCUT2D eigenvalue weighted by atomic mass is 10.7. The summed E-state index contributed by atoms with van der Waals surface area (Å²) in [6, 6.07) is 0. The predicted molar refractivity (Wildman–Crippen MR) is 56.3 cm³/mol. The SMILES string of the molecule is C=CC(=O)O.CO[Si](OC)(OC)C(C)O. The lowest BCUT2D eigenvalue weighted by molar-refractivity contribution is -0.131. The average molecular weight is 238 g/mol.